The fourth-order valence-electron chi connectivity index (χ4n) is 7.11. The lowest BCUT2D eigenvalue weighted by Crippen LogP contribution is -2.48. The van der Waals surface area contributed by atoms with E-state index in [4.69, 9.17) is 12.2 Å². The molecular weight excluding hydrogens is 414 g/mol. The van der Waals surface area contributed by atoms with Gasteiger partial charge in [-0.05, 0) is 91.5 Å². The summed E-state index contributed by atoms with van der Waals surface area (Å²) in [5.74, 6) is 2.30. The van der Waals surface area contributed by atoms with Crippen molar-refractivity contribution in [3.05, 3.63) is 47.5 Å². The molecule has 1 saturated carbocycles. The lowest BCUT2D eigenvalue weighted by Gasteiger charge is -2.40. The number of hydrogen-bond donors (Lipinski definition) is 1. The monoisotopic (exact) mass is 449 g/mol. The molecule has 4 nitrogen and oxygen atoms in total. The number of amides is 1. The molecule has 2 bridgehead atoms. The Kier molecular flexibility index (Phi) is 5.28. The van der Waals surface area contributed by atoms with Crippen LogP contribution < -0.4 is 5.32 Å². The molecule has 32 heavy (non-hydrogen) atoms. The van der Waals surface area contributed by atoms with Gasteiger partial charge in [0.25, 0.3) is 0 Å². The highest BCUT2D eigenvalue weighted by Crippen LogP contribution is 2.42. The van der Waals surface area contributed by atoms with Crippen LogP contribution in [0.15, 0.2) is 36.4 Å². The molecule has 6 rings (SSSR count). The molecule has 3 atom stereocenters. The van der Waals surface area contributed by atoms with E-state index in [-0.39, 0.29) is 0 Å². The van der Waals surface area contributed by atoms with Crippen molar-refractivity contribution in [3.63, 3.8) is 0 Å². The molecule has 2 heterocycles. The number of thiocarbonyl (C=S) groups is 1. The Bertz CT molecular complexity index is 910. The Balaban J connectivity index is 0.978. The molecule has 2 aliphatic heterocycles. The van der Waals surface area contributed by atoms with Crippen molar-refractivity contribution >= 4 is 23.2 Å². The Morgan fingerprint density at radius 1 is 1.00 bits per heavy atom. The van der Waals surface area contributed by atoms with Gasteiger partial charge in [-0.3, -0.25) is 4.79 Å². The second-order valence-corrected chi connectivity index (χ2v) is 11.5. The third kappa shape index (κ3) is 3.87. The number of piperidine rings is 1. The largest absolute Gasteiger partial charge is 0.359 e. The molecule has 1 N–H and O–H groups in total. The van der Waals surface area contributed by atoms with E-state index >= 15 is 0 Å². The molecule has 1 aromatic rings. The first-order valence-corrected chi connectivity index (χ1v) is 13.1. The van der Waals surface area contributed by atoms with Crippen molar-refractivity contribution in [3.8, 4) is 0 Å². The normalized spacial score (nSPS) is 30.3. The van der Waals surface area contributed by atoms with Gasteiger partial charge in [-0.2, -0.15) is 0 Å². The van der Waals surface area contributed by atoms with Gasteiger partial charge in [0, 0.05) is 38.6 Å². The van der Waals surface area contributed by atoms with E-state index in [1.165, 1.54) is 30.4 Å². The van der Waals surface area contributed by atoms with Gasteiger partial charge in [0.1, 0.15) is 0 Å². The summed E-state index contributed by atoms with van der Waals surface area (Å²) >= 11 is 5.82. The van der Waals surface area contributed by atoms with Crippen LogP contribution in [0.25, 0.3) is 0 Å². The number of benzene rings is 1. The van der Waals surface area contributed by atoms with Crippen molar-refractivity contribution in [1.82, 2.24) is 15.1 Å². The van der Waals surface area contributed by atoms with Crippen LogP contribution in [0.3, 0.4) is 0 Å². The number of allylic oxidation sites excluding steroid dienone is 1. The van der Waals surface area contributed by atoms with Crippen molar-refractivity contribution in [2.45, 2.75) is 57.4 Å². The Morgan fingerprint density at radius 3 is 2.31 bits per heavy atom. The van der Waals surface area contributed by atoms with Crippen LogP contribution in [-0.2, 0) is 17.6 Å². The van der Waals surface area contributed by atoms with E-state index < -0.39 is 0 Å². The molecule has 170 valence electrons. The zero-order valence-corrected chi connectivity index (χ0v) is 19.8. The lowest BCUT2D eigenvalue weighted by atomic mass is 9.77. The summed E-state index contributed by atoms with van der Waals surface area (Å²) in [6.07, 6.45) is 13.6. The van der Waals surface area contributed by atoms with Gasteiger partial charge in [0.2, 0.25) is 5.91 Å². The molecule has 2 saturated heterocycles. The molecule has 1 unspecified atom stereocenters. The van der Waals surface area contributed by atoms with E-state index in [9.17, 15) is 4.79 Å². The van der Waals surface area contributed by atoms with E-state index in [1.807, 2.05) is 0 Å². The van der Waals surface area contributed by atoms with Crippen LogP contribution >= 0.6 is 12.2 Å². The minimum absolute atomic E-state index is 0.348. The second-order valence-electron chi connectivity index (χ2n) is 11.1. The number of fused-ring (bicyclic) bond motifs is 3. The minimum atomic E-state index is 0.348. The van der Waals surface area contributed by atoms with Gasteiger partial charge in [0.15, 0.2) is 5.11 Å². The van der Waals surface area contributed by atoms with Gasteiger partial charge in [-0.1, -0.05) is 36.4 Å². The summed E-state index contributed by atoms with van der Waals surface area (Å²) in [7, 11) is 0. The van der Waals surface area contributed by atoms with Crippen molar-refractivity contribution < 1.29 is 4.79 Å². The molecule has 0 radical (unpaired) electrons. The molecular formula is C27H35N3OS. The highest BCUT2D eigenvalue weighted by Gasteiger charge is 2.43. The SMILES string of the molecule is O=C(CC1Cc2ccccc2C1)N1CCC2(CC1)CCN(C(=S)NC1C[C@H]3C=C[C@@H]1C3)C2. The lowest BCUT2D eigenvalue weighted by molar-refractivity contribution is -0.134. The van der Waals surface area contributed by atoms with Crippen LogP contribution in [0, 0.1) is 23.2 Å². The topological polar surface area (TPSA) is 35.6 Å². The van der Waals surface area contributed by atoms with Gasteiger partial charge in [0.05, 0.1) is 0 Å². The molecule has 0 aromatic heterocycles. The summed E-state index contributed by atoms with van der Waals surface area (Å²) in [5.41, 5.74) is 3.24. The minimum Gasteiger partial charge on any atom is -0.359 e. The quantitative estimate of drug-likeness (QED) is 0.560. The first-order chi connectivity index (χ1) is 15.6. The zero-order valence-electron chi connectivity index (χ0n) is 19.0. The van der Waals surface area contributed by atoms with Crippen LogP contribution in [0.1, 0.15) is 49.7 Å². The molecule has 3 aliphatic carbocycles. The van der Waals surface area contributed by atoms with Crippen LogP contribution in [-0.4, -0.2) is 53.0 Å². The number of nitrogens with zero attached hydrogens (tertiary/aromatic N) is 2. The summed E-state index contributed by atoms with van der Waals surface area (Å²) < 4.78 is 0. The molecule has 1 aromatic carbocycles. The number of likely N-dealkylation sites (tertiary alicyclic amines) is 2. The van der Waals surface area contributed by atoms with Crippen LogP contribution in [0.4, 0.5) is 0 Å². The molecule has 3 fully saturated rings. The average molecular weight is 450 g/mol. The standard InChI is InChI=1S/C27H35N3OS/c31-25(17-20-14-21-3-1-2-4-22(21)15-20)29-10-7-27(8-11-29)9-12-30(18-27)26(32)28-24-16-19-5-6-23(24)13-19/h1-6,19-20,23-24H,7-18H2,(H,28,32)/t19-,23+,24?/m0/s1. The Labute approximate surface area is 197 Å². The van der Waals surface area contributed by atoms with Crippen LogP contribution in [0.2, 0.25) is 0 Å². The fraction of sp³-hybridized carbons (Fsp3) is 0.630. The first kappa shape index (κ1) is 20.7. The number of carbonyl (C=O) groups is 1. The summed E-state index contributed by atoms with van der Waals surface area (Å²) in [6, 6.07) is 9.23. The molecule has 5 heteroatoms. The Hall–Kier alpha value is -1.88. The van der Waals surface area contributed by atoms with E-state index in [0.717, 1.165) is 62.9 Å². The predicted octanol–water partition coefficient (Wildman–Crippen LogP) is 3.95. The molecule has 1 spiro atoms. The van der Waals surface area contributed by atoms with Gasteiger partial charge >= 0.3 is 0 Å². The second kappa shape index (κ2) is 8.16. The van der Waals surface area contributed by atoms with Gasteiger partial charge in [-0.25, -0.2) is 0 Å². The Morgan fingerprint density at radius 2 is 1.69 bits per heavy atom. The van der Waals surface area contributed by atoms with E-state index in [0.29, 0.717) is 35.6 Å². The maximum atomic E-state index is 13.0. The third-order valence-corrected chi connectivity index (χ3v) is 9.47. The maximum absolute atomic E-state index is 13.0. The zero-order chi connectivity index (χ0) is 21.7. The third-order valence-electron chi connectivity index (χ3n) is 9.09. The van der Waals surface area contributed by atoms with Crippen molar-refractivity contribution in [2.75, 3.05) is 26.2 Å². The maximum Gasteiger partial charge on any atom is 0.222 e. The van der Waals surface area contributed by atoms with Crippen molar-refractivity contribution in [2.24, 2.45) is 23.2 Å². The summed E-state index contributed by atoms with van der Waals surface area (Å²) in [6.45, 7) is 3.97. The molecule has 1 amide bonds. The van der Waals surface area contributed by atoms with E-state index in [1.54, 1.807) is 0 Å². The number of hydrogen-bond acceptors (Lipinski definition) is 2. The number of rotatable bonds is 3. The highest BCUT2D eigenvalue weighted by molar-refractivity contribution is 7.80. The predicted molar refractivity (Wildman–Crippen MR) is 131 cm³/mol. The number of nitrogens with one attached hydrogen (secondary N) is 1. The summed E-state index contributed by atoms with van der Waals surface area (Å²) in [5, 5.41) is 4.66. The highest BCUT2D eigenvalue weighted by atomic mass is 32.1. The van der Waals surface area contributed by atoms with Crippen LogP contribution in [0.5, 0.6) is 0 Å². The smallest absolute Gasteiger partial charge is 0.222 e. The van der Waals surface area contributed by atoms with Crippen molar-refractivity contribution in [1.29, 1.82) is 0 Å². The van der Waals surface area contributed by atoms with E-state index in [2.05, 4.69) is 51.5 Å². The van der Waals surface area contributed by atoms with Gasteiger partial charge < -0.3 is 15.1 Å². The fourth-order valence-corrected chi connectivity index (χ4v) is 7.42. The van der Waals surface area contributed by atoms with Gasteiger partial charge in [-0.15, -0.1) is 0 Å². The number of carbonyl (C=O) groups excluding carboxylic acids is 1. The average Bonchev–Trinajstić information content (AvgIpc) is 3.57. The molecule has 5 aliphatic rings. The summed E-state index contributed by atoms with van der Waals surface area (Å²) in [4.78, 5) is 17.6. The first-order valence-electron chi connectivity index (χ1n) is 12.7.